The maximum atomic E-state index is 12.8. The fraction of sp³-hybridized carbons (Fsp3) is 0. The number of hydrogen-bond donors (Lipinski definition) is 0. The van der Waals surface area contributed by atoms with Crippen LogP contribution in [0.25, 0.3) is 11.8 Å². The second-order valence-electron chi connectivity index (χ2n) is 3.70. The van der Waals surface area contributed by atoms with Crippen LogP contribution < -0.4 is 0 Å². The van der Waals surface area contributed by atoms with Gasteiger partial charge >= 0.3 is 0 Å². The van der Waals surface area contributed by atoms with Crippen molar-refractivity contribution in [3.8, 4) is 0 Å². The van der Waals surface area contributed by atoms with Gasteiger partial charge in [0.2, 0.25) is 0 Å². The molecule has 0 saturated heterocycles. The molecule has 0 fully saturated rings. The Hall–Kier alpha value is -2.49. The third-order valence-corrected chi connectivity index (χ3v) is 2.44. The standard InChI is InChI=1S/C14H10FNO2/c15-13-8-6-12(7-9-13)14(16(17)18)10-11-4-2-1-3-5-11/h1-10H/b14-10+. The molecule has 0 spiro atoms. The van der Waals surface area contributed by atoms with E-state index in [4.69, 9.17) is 0 Å². The molecule has 0 heterocycles. The number of nitrogens with zero attached hydrogens (tertiary/aromatic N) is 1. The third kappa shape index (κ3) is 2.79. The minimum Gasteiger partial charge on any atom is -0.258 e. The monoisotopic (exact) mass is 243 g/mol. The predicted octanol–water partition coefficient (Wildman–Crippen LogP) is 3.60. The van der Waals surface area contributed by atoms with E-state index in [1.165, 1.54) is 30.3 Å². The highest BCUT2D eigenvalue weighted by Crippen LogP contribution is 2.19. The number of halogens is 1. The zero-order valence-electron chi connectivity index (χ0n) is 9.42. The summed E-state index contributed by atoms with van der Waals surface area (Å²) in [5.74, 6) is -0.416. The van der Waals surface area contributed by atoms with E-state index in [1.54, 1.807) is 24.3 Å². The second-order valence-corrected chi connectivity index (χ2v) is 3.70. The van der Waals surface area contributed by atoms with Crippen molar-refractivity contribution in [2.24, 2.45) is 0 Å². The normalized spacial score (nSPS) is 11.3. The van der Waals surface area contributed by atoms with Gasteiger partial charge < -0.3 is 0 Å². The summed E-state index contributed by atoms with van der Waals surface area (Å²) in [6.45, 7) is 0. The Balaban J connectivity index is 2.44. The summed E-state index contributed by atoms with van der Waals surface area (Å²) in [6.07, 6.45) is 1.47. The Kier molecular flexibility index (Phi) is 3.48. The first-order chi connectivity index (χ1) is 8.66. The predicted molar refractivity (Wildman–Crippen MR) is 67.7 cm³/mol. The van der Waals surface area contributed by atoms with Gasteiger partial charge in [-0.15, -0.1) is 0 Å². The molecule has 90 valence electrons. The third-order valence-electron chi connectivity index (χ3n) is 2.44. The Morgan fingerprint density at radius 3 is 2.22 bits per heavy atom. The average Bonchev–Trinajstić information content (AvgIpc) is 2.38. The van der Waals surface area contributed by atoms with Crippen molar-refractivity contribution in [3.05, 3.63) is 81.7 Å². The van der Waals surface area contributed by atoms with Crippen LogP contribution in [0.3, 0.4) is 0 Å². The molecule has 0 saturated carbocycles. The zero-order valence-corrected chi connectivity index (χ0v) is 9.42. The van der Waals surface area contributed by atoms with Gasteiger partial charge in [0.05, 0.1) is 10.5 Å². The van der Waals surface area contributed by atoms with Crippen LogP contribution in [-0.4, -0.2) is 4.92 Å². The van der Waals surface area contributed by atoms with E-state index in [0.717, 1.165) is 5.56 Å². The maximum Gasteiger partial charge on any atom is 0.277 e. The zero-order chi connectivity index (χ0) is 13.0. The fourth-order valence-electron chi connectivity index (χ4n) is 1.57. The molecule has 18 heavy (non-hydrogen) atoms. The van der Waals surface area contributed by atoms with Crippen LogP contribution in [0.15, 0.2) is 54.6 Å². The number of nitro groups is 1. The van der Waals surface area contributed by atoms with Gasteiger partial charge in [-0.05, 0) is 29.8 Å². The van der Waals surface area contributed by atoms with Crippen LogP contribution in [-0.2, 0) is 0 Å². The molecule has 2 rings (SSSR count). The van der Waals surface area contributed by atoms with Crippen molar-refractivity contribution in [2.45, 2.75) is 0 Å². The van der Waals surface area contributed by atoms with Crippen molar-refractivity contribution in [3.63, 3.8) is 0 Å². The van der Waals surface area contributed by atoms with Crippen molar-refractivity contribution in [2.75, 3.05) is 0 Å². The van der Waals surface area contributed by atoms with Gasteiger partial charge in [0.25, 0.3) is 5.70 Å². The number of benzene rings is 2. The molecule has 0 unspecified atom stereocenters. The second kappa shape index (κ2) is 5.23. The van der Waals surface area contributed by atoms with Crippen molar-refractivity contribution < 1.29 is 9.31 Å². The van der Waals surface area contributed by atoms with E-state index >= 15 is 0 Å². The summed E-state index contributed by atoms with van der Waals surface area (Å²) in [4.78, 5) is 10.6. The van der Waals surface area contributed by atoms with Gasteiger partial charge in [-0.25, -0.2) is 4.39 Å². The molecule has 0 bridgehead atoms. The molecule has 2 aromatic carbocycles. The van der Waals surface area contributed by atoms with E-state index in [9.17, 15) is 14.5 Å². The highest BCUT2D eigenvalue weighted by molar-refractivity contribution is 5.76. The van der Waals surface area contributed by atoms with Crippen LogP contribution in [0.4, 0.5) is 4.39 Å². The Bertz CT molecular complexity index is 577. The molecule has 0 aliphatic rings. The fourth-order valence-corrected chi connectivity index (χ4v) is 1.57. The average molecular weight is 243 g/mol. The summed E-state index contributed by atoms with van der Waals surface area (Å²) < 4.78 is 12.8. The summed E-state index contributed by atoms with van der Waals surface area (Å²) in [6, 6.07) is 14.2. The quantitative estimate of drug-likeness (QED) is 0.469. The van der Waals surface area contributed by atoms with Crippen LogP contribution in [0, 0.1) is 15.9 Å². The van der Waals surface area contributed by atoms with Crippen LogP contribution in [0.5, 0.6) is 0 Å². The molecule has 0 atom stereocenters. The van der Waals surface area contributed by atoms with E-state index in [1.807, 2.05) is 6.07 Å². The Labute approximate surface area is 103 Å². The smallest absolute Gasteiger partial charge is 0.258 e. The van der Waals surface area contributed by atoms with E-state index in [-0.39, 0.29) is 5.70 Å². The number of hydrogen-bond acceptors (Lipinski definition) is 2. The van der Waals surface area contributed by atoms with Gasteiger partial charge in [-0.2, -0.15) is 0 Å². The lowest BCUT2D eigenvalue weighted by Gasteiger charge is -1.99. The largest absolute Gasteiger partial charge is 0.277 e. The first-order valence-electron chi connectivity index (χ1n) is 5.34. The minimum absolute atomic E-state index is 0.0544. The molecule has 0 radical (unpaired) electrons. The minimum atomic E-state index is -0.472. The van der Waals surface area contributed by atoms with Gasteiger partial charge in [-0.1, -0.05) is 30.3 Å². The first kappa shape index (κ1) is 12.0. The molecule has 2 aromatic rings. The Morgan fingerprint density at radius 1 is 1.06 bits per heavy atom. The number of rotatable bonds is 3. The topological polar surface area (TPSA) is 43.1 Å². The maximum absolute atomic E-state index is 12.8. The van der Waals surface area contributed by atoms with Gasteiger partial charge in [0, 0.05) is 6.08 Å². The summed E-state index contributed by atoms with van der Waals surface area (Å²) in [5.41, 5.74) is 1.06. The van der Waals surface area contributed by atoms with Crippen molar-refractivity contribution >= 4 is 11.8 Å². The van der Waals surface area contributed by atoms with Crippen LogP contribution in [0.2, 0.25) is 0 Å². The van der Waals surface area contributed by atoms with Crippen LogP contribution >= 0.6 is 0 Å². The SMILES string of the molecule is O=[N+]([O-])/C(=C/c1ccccc1)c1ccc(F)cc1. The first-order valence-corrected chi connectivity index (χ1v) is 5.34. The van der Waals surface area contributed by atoms with Gasteiger partial charge in [-0.3, -0.25) is 10.1 Å². The van der Waals surface area contributed by atoms with E-state index in [0.29, 0.717) is 5.56 Å². The summed E-state index contributed by atoms with van der Waals surface area (Å²) in [7, 11) is 0. The molecular formula is C14H10FNO2. The molecule has 0 aliphatic heterocycles. The lowest BCUT2D eigenvalue weighted by atomic mass is 10.1. The van der Waals surface area contributed by atoms with Gasteiger partial charge in [0.1, 0.15) is 5.82 Å². The summed E-state index contributed by atoms with van der Waals surface area (Å²) >= 11 is 0. The van der Waals surface area contributed by atoms with E-state index < -0.39 is 10.7 Å². The molecular weight excluding hydrogens is 233 g/mol. The molecule has 0 aliphatic carbocycles. The highest BCUT2D eigenvalue weighted by atomic mass is 19.1. The van der Waals surface area contributed by atoms with Crippen LogP contribution in [0.1, 0.15) is 11.1 Å². The highest BCUT2D eigenvalue weighted by Gasteiger charge is 2.13. The molecule has 0 N–H and O–H groups in total. The van der Waals surface area contributed by atoms with Gasteiger partial charge in [0.15, 0.2) is 0 Å². The summed E-state index contributed by atoms with van der Waals surface area (Å²) in [5, 5.41) is 11.0. The van der Waals surface area contributed by atoms with Crippen molar-refractivity contribution in [1.82, 2.24) is 0 Å². The molecule has 4 heteroatoms. The molecule has 3 nitrogen and oxygen atoms in total. The molecule has 0 aromatic heterocycles. The van der Waals surface area contributed by atoms with Crippen molar-refractivity contribution in [1.29, 1.82) is 0 Å². The Morgan fingerprint density at radius 2 is 1.67 bits per heavy atom. The van der Waals surface area contributed by atoms with E-state index in [2.05, 4.69) is 0 Å². The lowest BCUT2D eigenvalue weighted by molar-refractivity contribution is -0.374. The molecule has 0 amide bonds. The lowest BCUT2D eigenvalue weighted by Crippen LogP contribution is -1.97.